The van der Waals surface area contributed by atoms with Gasteiger partial charge >= 0.3 is 5.97 Å². The summed E-state index contributed by atoms with van der Waals surface area (Å²) in [6.45, 7) is 3.77. The lowest BCUT2D eigenvalue weighted by atomic mass is 10.0. The van der Waals surface area contributed by atoms with Gasteiger partial charge in [0.05, 0.1) is 0 Å². The van der Waals surface area contributed by atoms with Gasteiger partial charge in [-0.3, -0.25) is 4.79 Å². The molecule has 1 aromatic carbocycles. The summed E-state index contributed by atoms with van der Waals surface area (Å²) in [6, 6.07) is 4.78. The summed E-state index contributed by atoms with van der Waals surface area (Å²) in [5, 5.41) is 11.7. The number of benzene rings is 1. The van der Waals surface area contributed by atoms with Gasteiger partial charge in [-0.25, -0.2) is 4.79 Å². The Morgan fingerprint density at radius 3 is 2.83 bits per heavy atom. The van der Waals surface area contributed by atoms with E-state index in [0.29, 0.717) is 11.5 Å². The fourth-order valence-electron chi connectivity index (χ4n) is 2.87. The van der Waals surface area contributed by atoms with Crippen molar-refractivity contribution in [3.8, 4) is 11.5 Å². The Bertz CT molecular complexity index is 636. The van der Waals surface area contributed by atoms with E-state index in [1.54, 1.807) is 6.07 Å². The monoisotopic (exact) mass is 319 g/mol. The van der Waals surface area contributed by atoms with Crippen LogP contribution in [-0.4, -0.2) is 35.2 Å². The first-order chi connectivity index (χ1) is 10.9. The summed E-state index contributed by atoms with van der Waals surface area (Å²) in [7, 11) is 0. The third-order valence-electron chi connectivity index (χ3n) is 4.09. The molecule has 0 saturated heterocycles. The first-order valence-corrected chi connectivity index (χ1v) is 7.81. The first kappa shape index (κ1) is 15.6. The number of para-hydroxylation sites is 1. The summed E-state index contributed by atoms with van der Waals surface area (Å²) in [5.74, 6) is -0.198. The van der Waals surface area contributed by atoms with E-state index in [4.69, 9.17) is 14.6 Å². The van der Waals surface area contributed by atoms with Crippen LogP contribution >= 0.6 is 0 Å². The highest BCUT2D eigenvalue weighted by atomic mass is 16.5. The zero-order chi connectivity index (χ0) is 16.6. The normalized spacial score (nSPS) is 19.4. The number of hydrogen-bond acceptors (Lipinski definition) is 4. The molecule has 0 radical (unpaired) electrons. The molecule has 2 aliphatic rings. The van der Waals surface area contributed by atoms with Crippen molar-refractivity contribution in [1.82, 2.24) is 5.32 Å². The SMILES string of the molecule is CC1(C)Cc2cccc(OCC(=O)NC(C(=O)O)C3CC3)c2O1. The molecule has 23 heavy (non-hydrogen) atoms. The zero-order valence-electron chi connectivity index (χ0n) is 13.3. The van der Waals surface area contributed by atoms with Crippen molar-refractivity contribution in [3.63, 3.8) is 0 Å². The fraction of sp³-hybridized carbons (Fsp3) is 0.529. The molecular formula is C17H21NO5. The molecule has 6 nitrogen and oxygen atoms in total. The van der Waals surface area contributed by atoms with E-state index >= 15 is 0 Å². The summed E-state index contributed by atoms with van der Waals surface area (Å²) < 4.78 is 11.4. The van der Waals surface area contributed by atoms with Crippen LogP contribution in [0, 0.1) is 5.92 Å². The Labute approximate surface area is 134 Å². The highest BCUT2D eigenvalue weighted by Gasteiger charge is 2.37. The molecule has 0 spiro atoms. The lowest BCUT2D eigenvalue weighted by Crippen LogP contribution is -2.44. The van der Waals surface area contributed by atoms with Crippen LogP contribution in [0.5, 0.6) is 11.5 Å². The van der Waals surface area contributed by atoms with Crippen molar-refractivity contribution >= 4 is 11.9 Å². The van der Waals surface area contributed by atoms with Gasteiger partial charge in [-0.15, -0.1) is 0 Å². The fourth-order valence-corrected chi connectivity index (χ4v) is 2.87. The van der Waals surface area contributed by atoms with Crippen molar-refractivity contribution in [2.24, 2.45) is 5.92 Å². The molecule has 0 aromatic heterocycles. The number of nitrogens with one attached hydrogen (secondary N) is 1. The minimum absolute atomic E-state index is 0.0431. The van der Waals surface area contributed by atoms with Gasteiger partial charge in [0.2, 0.25) is 0 Å². The first-order valence-electron chi connectivity index (χ1n) is 7.81. The highest BCUT2D eigenvalue weighted by molar-refractivity contribution is 5.84. The number of hydrogen-bond donors (Lipinski definition) is 2. The van der Waals surface area contributed by atoms with E-state index < -0.39 is 17.9 Å². The van der Waals surface area contributed by atoms with Crippen LogP contribution in [0.15, 0.2) is 18.2 Å². The second-order valence-electron chi connectivity index (χ2n) is 6.79. The summed E-state index contributed by atoms with van der Waals surface area (Å²) in [5.41, 5.74) is 0.763. The highest BCUT2D eigenvalue weighted by Crippen LogP contribution is 2.41. The van der Waals surface area contributed by atoms with Gasteiger partial charge in [0.15, 0.2) is 18.1 Å². The predicted octanol–water partition coefficient (Wildman–Crippen LogP) is 1.76. The summed E-state index contributed by atoms with van der Waals surface area (Å²) >= 11 is 0. The smallest absolute Gasteiger partial charge is 0.326 e. The summed E-state index contributed by atoms with van der Waals surface area (Å²) in [4.78, 5) is 23.1. The Morgan fingerprint density at radius 1 is 1.43 bits per heavy atom. The average molecular weight is 319 g/mol. The standard InChI is InChI=1S/C17H21NO5/c1-17(2)8-11-4-3-5-12(15(11)23-17)22-9-13(19)18-14(16(20)21)10-6-7-10/h3-5,10,14H,6-9H2,1-2H3,(H,18,19)(H,20,21). The molecule has 1 aromatic rings. The topological polar surface area (TPSA) is 84.9 Å². The van der Waals surface area contributed by atoms with Crippen LogP contribution in [0.4, 0.5) is 0 Å². The maximum Gasteiger partial charge on any atom is 0.326 e. The van der Waals surface area contributed by atoms with E-state index in [2.05, 4.69) is 5.32 Å². The molecule has 1 fully saturated rings. The summed E-state index contributed by atoms with van der Waals surface area (Å²) in [6.07, 6.45) is 2.47. The minimum atomic E-state index is -0.994. The van der Waals surface area contributed by atoms with Gasteiger partial charge in [-0.05, 0) is 38.7 Å². The van der Waals surface area contributed by atoms with Crippen molar-refractivity contribution in [3.05, 3.63) is 23.8 Å². The molecule has 124 valence electrons. The Hall–Kier alpha value is -2.24. The third-order valence-corrected chi connectivity index (χ3v) is 4.09. The lowest BCUT2D eigenvalue weighted by molar-refractivity contribution is -0.142. The second kappa shape index (κ2) is 5.76. The molecule has 1 unspecified atom stereocenters. The quantitative estimate of drug-likeness (QED) is 0.834. The van der Waals surface area contributed by atoms with Crippen molar-refractivity contribution in [2.45, 2.75) is 44.8 Å². The zero-order valence-corrected chi connectivity index (χ0v) is 13.3. The third kappa shape index (κ3) is 3.57. The minimum Gasteiger partial charge on any atom is -0.483 e. The maximum absolute atomic E-state index is 12.0. The van der Waals surface area contributed by atoms with Crippen LogP contribution < -0.4 is 14.8 Å². The van der Waals surface area contributed by atoms with Crippen LogP contribution in [0.25, 0.3) is 0 Å². The van der Waals surface area contributed by atoms with Crippen LogP contribution in [0.3, 0.4) is 0 Å². The largest absolute Gasteiger partial charge is 0.483 e. The van der Waals surface area contributed by atoms with Crippen molar-refractivity contribution in [2.75, 3.05) is 6.61 Å². The molecule has 1 aliphatic carbocycles. The predicted molar refractivity (Wildman–Crippen MR) is 82.6 cm³/mol. The number of carboxylic acid groups (broad SMARTS) is 1. The lowest BCUT2D eigenvalue weighted by Gasteiger charge is -2.18. The number of carbonyl (C=O) groups is 2. The number of amides is 1. The number of carbonyl (C=O) groups excluding carboxylic acids is 1. The molecule has 1 saturated carbocycles. The van der Waals surface area contributed by atoms with Crippen LogP contribution in [-0.2, 0) is 16.0 Å². The van der Waals surface area contributed by atoms with Crippen molar-refractivity contribution < 1.29 is 24.2 Å². The number of aliphatic carboxylic acids is 1. The Morgan fingerprint density at radius 2 is 2.17 bits per heavy atom. The van der Waals surface area contributed by atoms with E-state index in [0.717, 1.165) is 24.8 Å². The van der Waals surface area contributed by atoms with Gasteiger partial charge in [0.1, 0.15) is 11.6 Å². The number of fused-ring (bicyclic) bond motifs is 1. The van der Waals surface area contributed by atoms with Gasteiger partial charge in [0.25, 0.3) is 5.91 Å². The van der Waals surface area contributed by atoms with Crippen molar-refractivity contribution in [1.29, 1.82) is 0 Å². The Kier molecular flexibility index (Phi) is 3.92. The molecule has 1 amide bonds. The van der Waals surface area contributed by atoms with Gasteiger partial charge in [0, 0.05) is 12.0 Å². The van der Waals surface area contributed by atoms with E-state index in [1.807, 2.05) is 26.0 Å². The average Bonchev–Trinajstić information content (AvgIpc) is 3.24. The maximum atomic E-state index is 12.0. The van der Waals surface area contributed by atoms with Gasteiger partial charge < -0.3 is 19.9 Å². The molecule has 2 N–H and O–H groups in total. The number of ether oxygens (including phenoxy) is 2. The van der Waals surface area contributed by atoms with E-state index in [9.17, 15) is 9.59 Å². The molecular weight excluding hydrogens is 298 g/mol. The molecule has 6 heteroatoms. The molecule has 1 aliphatic heterocycles. The number of carboxylic acids is 1. The molecule has 0 bridgehead atoms. The second-order valence-corrected chi connectivity index (χ2v) is 6.79. The van der Waals surface area contributed by atoms with Crippen LogP contribution in [0.2, 0.25) is 0 Å². The van der Waals surface area contributed by atoms with Gasteiger partial charge in [-0.1, -0.05) is 12.1 Å². The number of rotatable bonds is 6. The van der Waals surface area contributed by atoms with Crippen LogP contribution in [0.1, 0.15) is 32.3 Å². The van der Waals surface area contributed by atoms with E-state index in [-0.39, 0.29) is 18.1 Å². The molecule has 1 heterocycles. The van der Waals surface area contributed by atoms with Gasteiger partial charge in [-0.2, -0.15) is 0 Å². The molecule has 3 rings (SSSR count). The Balaban J connectivity index is 1.60. The molecule has 1 atom stereocenters. The van der Waals surface area contributed by atoms with E-state index in [1.165, 1.54) is 0 Å².